The number of hydrogen-bond acceptors (Lipinski definition) is 3. The van der Waals surface area contributed by atoms with E-state index in [0.717, 1.165) is 18.4 Å². The SMILES string of the molecule is CC(CCc1ccccc1)NC(=O)C1CSC(c2ccc(C(C)(C)C)cc2)N1C(=O)c1ccccc1Cl. The smallest absolute Gasteiger partial charge is 0.257 e. The maximum atomic E-state index is 13.8. The third-order valence-corrected chi connectivity index (χ3v) is 8.45. The van der Waals surface area contributed by atoms with E-state index in [1.807, 2.05) is 25.1 Å². The van der Waals surface area contributed by atoms with E-state index >= 15 is 0 Å². The Morgan fingerprint density at radius 1 is 1.00 bits per heavy atom. The molecule has 194 valence electrons. The van der Waals surface area contributed by atoms with Gasteiger partial charge < -0.3 is 10.2 Å². The Labute approximate surface area is 229 Å². The molecule has 1 N–H and O–H groups in total. The molecule has 0 saturated carbocycles. The summed E-state index contributed by atoms with van der Waals surface area (Å²) in [7, 11) is 0. The van der Waals surface area contributed by atoms with Crippen molar-refractivity contribution in [1.82, 2.24) is 10.2 Å². The van der Waals surface area contributed by atoms with Crippen LogP contribution < -0.4 is 5.32 Å². The van der Waals surface area contributed by atoms with Gasteiger partial charge >= 0.3 is 0 Å². The second-order valence-electron chi connectivity index (χ2n) is 10.7. The van der Waals surface area contributed by atoms with Crippen molar-refractivity contribution in [1.29, 1.82) is 0 Å². The number of thioether (sulfide) groups is 1. The molecule has 4 nitrogen and oxygen atoms in total. The summed E-state index contributed by atoms with van der Waals surface area (Å²) in [6.07, 6.45) is 1.71. The fourth-order valence-electron chi connectivity index (χ4n) is 4.57. The molecule has 1 aliphatic rings. The lowest BCUT2D eigenvalue weighted by Gasteiger charge is -2.30. The zero-order chi connectivity index (χ0) is 26.6. The highest BCUT2D eigenvalue weighted by molar-refractivity contribution is 7.99. The molecule has 0 radical (unpaired) electrons. The average molecular weight is 535 g/mol. The number of nitrogens with zero attached hydrogens (tertiary/aromatic N) is 1. The molecule has 6 heteroatoms. The van der Waals surface area contributed by atoms with Gasteiger partial charge in [0.2, 0.25) is 5.91 Å². The van der Waals surface area contributed by atoms with Crippen LogP contribution in [0.2, 0.25) is 5.02 Å². The molecular formula is C31H35ClN2O2S. The molecule has 0 bridgehead atoms. The zero-order valence-corrected chi connectivity index (χ0v) is 23.5. The Morgan fingerprint density at radius 3 is 2.30 bits per heavy atom. The van der Waals surface area contributed by atoms with Gasteiger partial charge in [-0.3, -0.25) is 9.59 Å². The van der Waals surface area contributed by atoms with Gasteiger partial charge in [-0.25, -0.2) is 0 Å². The Bertz CT molecular complexity index is 1220. The number of nitrogens with one attached hydrogen (secondary N) is 1. The molecule has 0 spiro atoms. The first-order chi connectivity index (χ1) is 17.6. The summed E-state index contributed by atoms with van der Waals surface area (Å²) in [5.41, 5.74) is 3.93. The number of rotatable bonds is 7. The van der Waals surface area contributed by atoms with Crippen molar-refractivity contribution in [2.24, 2.45) is 0 Å². The van der Waals surface area contributed by atoms with Crippen LogP contribution in [0.25, 0.3) is 0 Å². The fraction of sp³-hybridized carbons (Fsp3) is 0.355. The van der Waals surface area contributed by atoms with Gasteiger partial charge in [0, 0.05) is 11.8 Å². The van der Waals surface area contributed by atoms with Gasteiger partial charge in [0.1, 0.15) is 11.4 Å². The summed E-state index contributed by atoms with van der Waals surface area (Å²) < 4.78 is 0. The van der Waals surface area contributed by atoms with Gasteiger partial charge in [0.05, 0.1) is 10.6 Å². The maximum Gasteiger partial charge on any atom is 0.257 e. The largest absolute Gasteiger partial charge is 0.352 e. The van der Waals surface area contributed by atoms with Gasteiger partial charge in [-0.05, 0) is 54.0 Å². The second kappa shape index (κ2) is 11.7. The zero-order valence-electron chi connectivity index (χ0n) is 21.9. The topological polar surface area (TPSA) is 49.4 Å². The number of benzene rings is 3. The van der Waals surface area contributed by atoms with Gasteiger partial charge in [-0.1, -0.05) is 99.1 Å². The summed E-state index contributed by atoms with van der Waals surface area (Å²) in [5.74, 6) is 0.180. The van der Waals surface area contributed by atoms with Crippen molar-refractivity contribution >= 4 is 35.2 Å². The lowest BCUT2D eigenvalue weighted by atomic mass is 9.86. The van der Waals surface area contributed by atoms with Crippen molar-refractivity contribution in [3.63, 3.8) is 0 Å². The van der Waals surface area contributed by atoms with Crippen LogP contribution in [0.3, 0.4) is 0 Å². The standard InChI is InChI=1S/C31H35ClN2O2S/c1-21(14-15-22-10-6-5-7-11-22)33-28(35)27-20-37-30(23-16-18-24(19-17-23)31(2,3)4)34(27)29(36)25-12-8-9-13-26(25)32/h5-13,16-19,21,27,30H,14-15,20H2,1-4H3,(H,33,35). The van der Waals surface area contributed by atoms with E-state index in [0.29, 0.717) is 16.3 Å². The molecule has 4 rings (SSSR count). The first-order valence-corrected chi connectivity index (χ1v) is 14.2. The summed E-state index contributed by atoms with van der Waals surface area (Å²) in [6, 6.07) is 25.1. The van der Waals surface area contributed by atoms with Crippen LogP contribution in [0.4, 0.5) is 0 Å². The highest BCUT2D eigenvalue weighted by atomic mass is 35.5. The Morgan fingerprint density at radius 2 is 1.65 bits per heavy atom. The average Bonchev–Trinajstić information content (AvgIpc) is 3.33. The van der Waals surface area contributed by atoms with E-state index in [2.05, 4.69) is 62.5 Å². The minimum absolute atomic E-state index is 0.0138. The molecule has 3 aromatic carbocycles. The molecule has 1 aliphatic heterocycles. The summed E-state index contributed by atoms with van der Waals surface area (Å²) in [5, 5.41) is 3.29. The van der Waals surface area contributed by atoms with E-state index in [1.54, 1.807) is 40.9 Å². The van der Waals surface area contributed by atoms with Crippen LogP contribution in [0.1, 0.15) is 66.5 Å². The Hall–Kier alpha value is -2.76. The number of halogens is 1. The lowest BCUT2D eigenvalue weighted by Crippen LogP contribution is -2.50. The van der Waals surface area contributed by atoms with Crippen molar-refractivity contribution in [3.8, 4) is 0 Å². The second-order valence-corrected chi connectivity index (χ2v) is 12.2. The minimum atomic E-state index is -0.583. The number of carbonyl (C=O) groups excluding carboxylic acids is 2. The van der Waals surface area contributed by atoms with Crippen LogP contribution in [0, 0.1) is 0 Å². The van der Waals surface area contributed by atoms with Crippen molar-refractivity contribution in [2.75, 3.05) is 5.75 Å². The van der Waals surface area contributed by atoms with Crippen molar-refractivity contribution in [3.05, 3.63) is 106 Å². The molecule has 37 heavy (non-hydrogen) atoms. The maximum absolute atomic E-state index is 13.8. The Balaban J connectivity index is 1.55. The molecule has 1 heterocycles. The quantitative estimate of drug-likeness (QED) is 0.354. The molecule has 3 unspecified atom stereocenters. The summed E-state index contributed by atoms with van der Waals surface area (Å²) in [4.78, 5) is 29.1. The van der Waals surface area contributed by atoms with Crippen LogP contribution >= 0.6 is 23.4 Å². The van der Waals surface area contributed by atoms with Crippen LogP contribution in [0.5, 0.6) is 0 Å². The van der Waals surface area contributed by atoms with E-state index in [1.165, 1.54) is 11.1 Å². The minimum Gasteiger partial charge on any atom is -0.352 e. The number of aryl methyl sites for hydroxylation is 1. The predicted molar refractivity (Wildman–Crippen MR) is 154 cm³/mol. The number of hydrogen-bond donors (Lipinski definition) is 1. The van der Waals surface area contributed by atoms with Crippen LogP contribution in [0.15, 0.2) is 78.9 Å². The molecule has 1 fully saturated rings. The predicted octanol–water partition coefficient (Wildman–Crippen LogP) is 7.03. The van der Waals surface area contributed by atoms with Gasteiger partial charge in [-0.2, -0.15) is 0 Å². The monoisotopic (exact) mass is 534 g/mol. The van der Waals surface area contributed by atoms with Crippen LogP contribution in [-0.4, -0.2) is 34.6 Å². The molecular weight excluding hydrogens is 500 g/mol. The summed E-state index contributed by atoms with van der Waals surface area (Å²) in [6.45, 7) is 8.56. The molecule has 3 aromatic rings. The molecule has 2 amide bonds. The third-order valence-electron chi connectivity index (χ3n) is 6.80. The van der Waals surface area contributed by atoms with E-state index in [4.69, 9.17) is 11.6 Å². The molecule has 0 aromatic heterocycles. The van der Waals surface area contributed by atoms with E-state index in [-0.39, 0.29) is 28.6 Å². The van der Waals surface area contributed by atoms with E-state index in [9.17, 15) is 9.59 Å². The normalized spacial score (nSPS) is 18.5. The van der Waals surface area contributed by atoms with Crippen molar-refractivity contribution < 1.29 is 9.59 Å². The van der Waals surface area contributed by atoms with Gasteiger partial charge in [0.15, 0.2) is 0 Å². The fourth-order valence-corrected chi connectivity index (χ4v) is 6.22. The van der Waals surface area contributed by atoms with Gasteiger partial charge in [0.25, 0.3) is 5.91 Å². The summed E-state index contributed by atoms with van der Waals surface area (Å²) >= 11 is 8.04. The third kappa shape index (κ3) is 6.58. The first-order valence-electron chi connectivity index (χ1n) is 12.8. The highest BCUT2D eigenvalue weighted by Gasteiger charge is 2.43. The highest BCUT2D eigenvalue weighted by Crippen LogP contribution is 2.43. The van der Waals surface area contributed by atoms with E-state index < -0.39 is 6.04 Å². The molecule has 1 saturated heterocycles. The van der Waals surface area contributed by atoms with Crippen molar-refractivity contribution in [2.45, 2.75) is 63.4 Å². The van der Waals surface area contributed by atoms with Gasteiger partial charge in [-0.15, -0.1) is 11.8 Å². The Kier molecular flexibility index (Phi) is 8.66. The number of amides is 2. The molecule has 0 aliphatic carbocycles. The van der Waals surface area contributed by atoms with Crippen LogP contribution in [-0.2, 0) is 16.6 Å². The first kappa shape index (κ1) is 27.3. The number of carbonyl (C=O) groups is 2. The lowest BCUT2D eigenvalue weighted by molar-refractivity contribution is -0.125. The molecule has 3 atom stereocenters.